The standard InChI is InChI=1S/C22H22N4O3/c1-4-15-5-9-18(10-6-15)25-22-23-14(2)13-19(26-22)20(27)24-17-11-7-16(8-12-17)21(28)29-3/h5-13H,4H2,1-3H3,(H,24,27)(H,23,25,26). The summed E-state index contributed by atoms with van der Waals surface area (Å²) in [6, 6.07) is 16.0. The summed E-state index contributed by atoms with van der Waals surface area (Å²) in [5.74, 6) is -0.455. The number of amides is 1. The molecule has 2 N–H and O–H groups in total. The number of ether oxygens (including phenoxy) is 1. The van der Waals surface area contributed by atoms with Crippen LogP contribution in [0.4, 0.5) is 17.3 Å². The van der Waals surface area contributed by atoms with Gasteiger partial charge in [0.05, 0.1) is 12.7 Å². The highest BCUT2D eigenvalue weighted by molar-refractivity contribution is 6.03. The lowest BCUT2D eigenvalue weighted by atomic mass is 10.1. The van der Waals surface area contributed by atoms with E-state index in [2.05, 4.69) is 32.3 Å². The number of carbonyl (C=O) groups is 2. The minimum absolute atomic E-state index is 0.238. The maximum absolute atomic E-state index is 12.6. The van der Waals surface area contributed by atoms with Crippen LogP contribution in [-0.4, -0.2) is 29.0 Å². The molecule has 7 nitrogen and oxygen atoms in total. The van der Waals surface area contributed by atoms with Crippen molar-refractivity contribution in [1.82, 2.24) is 9.97 Å². The molecular formula is C22H22N4O3. The quantitative estimate of drug-likeness (QED) is 0.615. The SMILES string of the molecule is CCc1ccc(Nc2nc(C)cc(C(=O)Nc3ccc(C(=O)OC)cc3)n2)cc1. The van der Waals surface area contributed by atoms with Gasteiger partial charge in [0.2, 0.25) is 5.95 Å². The molecule has 0 aliphatic carbocycles. The predicted octanol–water partition coefficient (Wildman–Crippen LogP) is 4.13. The Morgan fingerprint density at radius 2 is 1.62 bits per heavy atom. The number of aryl methyl sites for hydroxylation is 2. The van der Waals surface area contributed by atoms with E-state index >= 15 is 0 Å². The molecule has 0 saturated carbocycles. The van der Waals surface area contributed by atoms with Crippen LogP contribution in [0.25, 0.3) is 0 Å². The Kier molecular flexibility index (Phi) is 6.19. The van der Waals surface area contributed by atoms with Crippen LogP contribution in [0.2, 0.25) is 0 Å². The Hall–Kier alpha value is -3.74. The summed E-state index contributed by atoms with van der Waals surface area (Å²) in [7, 11) is 1.32. The van der Waals surface area contributed by atoms with E-state index in [1.165, 1.54) is 12.7 Å². The van der Waals surface area contributed by atoms with Gasteiger partial charge in [-0.2, -0.15) is 0 Å². The fraction of sp³-hybridized carbons (Fsp3) is 0.182. The van der Waals surface area contributed by atoms with Crippen LogP contribution in [0.1, 0.15) is 39.0 Å². The second-order valence-corrected chi connectivity index (χ2v) is 6.42. The third-order valence-corrected chi connectivity index (χ3v) is 4.27. The summed E-state index contributed by atoms with van der Waals surface area (Å²) >= 11 is 0. The number of methoxy groups -OCH3 is 1. The Morgan fingerprint density at radius 3 is 2.24 bits per heavy atom. The lowest BCUT2D eigenvalue weighted by molar-refractivity contribution is 0.0600. The second kappa shape index (κ2) is 8.97. The number of aromatic nitrogens is 2. The van der Waals surface area contributed by atoms with Gasteiger partial charge in [-0.1, -0.05) is 19.1 Å². The molecule has 0 aliphatic rings. The summed E-state index contributed by atoms with van der Waals surface area (Å²) in [4.78, 5) is 32.8. The fourth-order valence-electron chi connectivity index (χ4n) is 2.70. The van der Waals surface area contributed by atoms with E-state index in [4.69, 9.17) is 0 Å². The topological polar surface area (TPSA) is 93.2 Å². The number of rotatable bonds is 6. The molecule has 3 rings (SSSR count). The molecule has 1 heterocycles. The third-order valence-electron chi connectivity index (χ3n) is 4.27. The Bertz CT molecular complexity index is 1020. The smallest absolute Gasteiger partial charge is 0.337 e. The molecule has 1 aromatic heterocycles. The van der Waals surface area contributed by atoms with Crippen LogP contribution in [0.3, 0.4) is 0 Å². The van der Waals surface area contributed by atoms with Gasteiger partial charge in [-0.05, 0) is 61.4 Å². The fourth-order valence-corrected chi connectivity index (χ4v) is 2.70. The highest BCUT2D eigenvalue weighted by atomic mass is 16.5. The zero-order valence-electron chi connectivity index (χ0n) is 16.5. The molecule has 0 aliphatic heterocycles. The molecule has 0 fully saturated rings. The van der Waals surface area contributed by atoms with Crippen molar-refractivity contribution < 1.29 is 14.3 Å². The van der Waals surface area contributed by atoms with Crippen LogP contribution in [0.5, 0.6) is 0 Å². The van der Waals surface area contributed by atoms with Crippen molar-refractivity contribution in [2.45, 2.75) is 20.3 Å². The largest absolute Gasteiger partial charge is 0.465 e. The number of hydrogen-bond donors (Lipinski definition) is 2. The van der Waals surface area contributed by atoms with Gasteiger partial charge in [0.25, 0.3) is 5.91 Å². The number of hydrogen-bond acceptors (Lipinski definition) is 6. The minimum atomic E-state index is -0.433. The van der Waals surface area contributed by atoms with Crippen LogP contribution in [0, 0.1) is 6.92 Å². The van der Waals surface area contributed by atoms with Gasteiger partial charge in [-0.25, -0.2) is 14.8 Å². The van der Waals surface area contributed by atoms with Gasteiger partial charge in [0.1, 0.15) is 5.69 Å². The molecule has 0 saturated heterocycles. The van der Waals surface area contributed by atoms with Crippen molar-refractivity contribution in [1.29, 1.82) is 0 Å². The van der Waals surface area contributed by atoms with E-state index in [-0.39, 0.29) is 11.6 Å². The number of nitrogens with zero attached hydrogens (tertiary/aromatic N) is 2. The Morgan fingerprint density at radius 1 is 0.966 bits per heavy atom. The third kappa shape index (κ3) is 5.16. The molecule has 0 radical (unpaired) electrons. The zero-order valence-corrected chi connectivity index (χ0v) is 16.5. The van der Waals surface area contributed by atoms with E-state index < -0.39 is 5.97 Å². The number of benzene rings is 2. The van der Waals surface area contributed by atoms with Gasteiger partial charge in [0, 0.05) is 17.1 Å². The first kappa shape index (κ1) is 20.0. The molecule has 7 heteroatoms. The normalized spacial score (nSPS) is 10.3. The monoisotopic (exact) mass is 390 g/mol. The van der Waals surface area contributed by atoms with Crippen LogP contribution >= 0.6 is 0 Å². The molecule has 2 aromatic carbocycles. The summed E-state index contributed by atoms with van der Waals surface area (Å²) in [5.41, 5.74) is 3.94. The summed E-state index contributed by atoms with van der Waals surface area (Å²) in [5, 5.41) is 5.89. The van der Waals surface area contributed by atoms with Crippen molar-refractivity contribution in [2.75, 3.05) is 17.7 Å². The molecule has 3 aromatic rings. The van der Waals surface area contributed by atoms with Crippen LogP contribution < -0.4 is 10.6 Å². The second-order valence-electron chi connectivity index (χ2n) is 6.42. The van der Waals surface area contributed by atoms with E-state index in [1.807, 2.05) is 24.3 Å². The molecule has 148 valence electrons. The van der Waals surface area contributed by atoms with Gasteiger partial charge in [0.15, 0.2) is 0 Å². The maximum Gasteiger partial charge on any atom is 0.337 e. The minimum Gasteiger partial charge on any atom is -0.465 e. The number of carbonyl (C=O) groups excluding carboxylic acids is 2. The van der Waals surface area contributed by atoms with E-state index in [0.29, 0.717) is 22.9 Å². The molecule has 0 bridgehead atoms. The lowest BCUT2D eigenvalue weighted by Gasteiger charge is -2.10. The van der Waals surface area contributed by atoms with Gasteiger partial charge in [-0.15, -0.1) is 0 Å². The number of anilines is 3. The van der Waals surface area contributed by atoms with E-state index in [0.717, 1.165) is 12.1 Å². The predicted molar refractivity (Wildman–Crippen MR) is 112 cm³/mol. The van der Waals surface area contributed by atoms with E-state index in [1.54, 1.807) is 37.3 Å². The van der Waals surface area contributed by atoms with Crippen LogP contribution in [-0.2, 0) is 11.2 Å². The van der Waals surface area contributed by atoms with Crippen molar-refractivity contribution in [2.24, 2.45) is 0 Å². The van der Waals surface area contributed by atoms with Crippen molar-refractivity contribution >= 4 is 29.2 Å². The number of nitrogens with one attached hydrogen (secondary N) is 2. The van der Waals surface area contributed by atoms with Crippen molar-refractivity contribution in [3.05, 3.63) is 77.1 Å². The van der Waals surface area contributed by atoms with Crippen molar-refractivity contribution in [3.8, 4) is 0 Å². The highest BCUT2D eigenvalue weighted by Crippen LogP contribution is 2.16. The molecule has 0 atom stereocenters. The molecule has 0 spiro atoms. The average molecular weight is 390 g/mol. The molecule has 1 amide bonds. The molecule has 29 heavy (non-hydrogen) atoms. The van der Waals surface area contributed by atoms with Gasteiger partial charge >= 0.3 is 5.97 Å². The maximum atomic E-state index is 12.6. The van der Waals surface area contributed by atoms with Gasteiger partial charge in [-0.3, -0.25) is 4.79 Å². The summed E-state index contributed by atoms with van der Waals surface area (Å²) < 4.78 is 4.66. The first-order valence-electron chi connectivity index (χ1n) is 9.20. The summed E-state index contributed by atoms with van der Waals surface area (Å²) in [6.07, 6.45) is 0.964. The molecule has 0 unspecified atom stereocenters. The van der Waals surface area contributed by atoms with Crippen molar-refractivity contribution in [3.63, 3.8) is 0 Å². The Labute approximate surface area is 169 Å². The first-order valence-corrected chi connectivity index (χ1v) is 9.20. The Balaban J connectivity index is 1.74. The van der Waals surface area contributed by atoms with Gasteiger partial charge < -0.3 is 15.4 Å². The average Bonchev–Trinajstić information content (AvgIpc) is 2.74. The van der Waals surface area contributed by atoms with E-state index in [9.17, 15) is 9.59 Å². The lowest BCUT2D eigenvalue weighted by Crippen LogP contribution is -2.15. The van der Waals surface area contributed by atoms with Crippen LogP contribution in [0.15, 0.2) is 54.6 Å². The summed E-state index contributed by atoms with van der Waals surface area (Å²) in [6.45, 7) is 3.90. The molecular weight excluding hydrogens is 368 g/mol. The first-order chi connectivity index (χ1) is 14.0. The number of esters is 1. The zero-order chi connectivity index (χ0) is 20.8. The highest BCUT2D eigenvalue weighted by Gasteiger charge is 2.12.